The molecule has 36 heteroatoms. The molecular weight excluding hydrogens is 1240 g/mol. The van der Waals surface area contributed by atoms with Gasteiger partial charge in [0.15, 0.2) is 11.5 Å². The fraction of sp³-hybridized carbons (Fsp3) is 0.0476. The number of methoxy groups -OCH3 is 2. The van der Waals surface area contributed by atoms with Crippen LogP contribution in [0.2, 0.25) is 20.1 Å². The molecule has 0 atom stereocenters. The number of phenols is 2. The fourth-order valence-electron chi connectivity index (χ4n) is 6.82. The van der Waals surface area contributed by atoms with Crippen molar-refractivity contribution in [2.75, 3.05) is 24.9 Å². The van der Waals surface area contributed by atoms with E-state index in [0.29, 0.717) is 12.0 Å². The molecule has 7 aromatic carbocycles. The molecule has 0 spiro atoms. The summed E-state index contributed by atoms with van der Waals surface area (Å²) in [6.45, 7) is 0. The van der Waals surface area contributed by atoms with Gasteiger partial charge in [0.1, 0.15) is 54.5 Å². The van der Waals surface area contributed by atoms with Gasteiger partial charge in [-0.15, -0.1) is 20.5 Å². The van der Waals surface area contributed by atoms with Crippen molar-refractivity contribution < 1.29 is 203 Å². The summed E-state index contributed by atoms with van der Waals surface area (Å²) in [5.41, 5.74) is -2.93. The maximum atomic E-state index is 13.5. The molecule has 0 aliphatic rings. The second kappa shape index (κ2) is 30.4. The molecule has 0 aliphatic heterocycles. The maximum absolute atomic E-state index is 13.5. The molecule has 0 saturated heterocycles. The third-order valence-electron chi connectivity index (χ3n) is 9.98. The zero-order valence-corrected chi connectivity index (χ0v) is 54.7. The van der Waals surface area contributed by atoms with Crippen LogP contribution in [0.1, 0.15) is 20.7 Å². The number of anilines is 2. The molecule has 0 heterocycles. The van der Waals surface area contributed by atoms with Crippen LogP contribution in [0.25, 0.3) is 21.5 Å². The van der Waals surface area contributed by atoms with Crippen molar-refractivity contribution in [3.63, 3.8) is 0 Å². The first-order valence-electron chi connectivity index (χ1n) is 19.5. The topological polar surface area (TPSA) is 364 Å². The normalized spacial score (nSPS) is 11.4. The quantitative estimate of drug-likeness (QED) is 0.0175. The van der Waals surface area contributed by atoms with Crippen LogP contribution in [0.4, 0.5) is 34.1 Å². The molecular formula is C42H24Cl4N6Na4O18S4. The number of hydrogen-bond donors (Lipinski definition) is 4. The van der Waals surface area contributed by atoms with Gasteiger partial charge < -0.3 is 49.9 Å². The van der Waals surface area contributed by atoms with Gasteiger partial charge >= 0.3 is 118 Å². The number of fused-ring (bicyclic) bond motifs is 2. The van der Waals surface area contributed by atoms with Gasteiger partial charge in [0, 0.05) is 32.8 Å². The monoisotopic (exact) mass is 1260 g/mol. The molecule has 2 amide bonds. The summed E-state index contributed by atoms with van der Waals surface area (Å²) in [5.74, 6) is -4.07. The van der Waals surface area contributed by atoms with Crippen LogP contribution in [0.15, 0.2) is 125 Å². The van der Waals surface area contributed by atoms with Gasteiger partial charge in [0.2, 0.25) is 0 Å². The van der Waals surface area contributed by atoms with Crippen LogP contribution in [0.5, 0.6) is 23.0 Å². The Morgan fingerprint density at radius 2 is 1.14 bits per heavy atom. The van der Waals surface area contributed by atoms with Crippen molar-refractivity contribution in [3.8, 4) is 23.0 Å². The van der Waals surface area contributed by atoms with Gasteiger partial charge in [0.25, 0.3) is 11.8 Å². The van der Waals surface area contributed by atoms with Crippen LogP contribution < -0.4 is 149 Å². The number of ether oxygens (including phenoxy) is 2. The smallest absolute Gasteiger partial charge is 0.744 e. The van der Waals surface area contributed by atoms with Crippen molar-refractivity contribution in [3.05, 3.63) is 116 Å². The number of rotatable bonds is 18. The average Bonchev–Trinajstić information content (AvgIpc) is 3.34. The van der Waals surface area contributed by atoms with Crippen molar-refractivity contribution in [2.45, 2.75) is 19.6 Å². The molecule has 0 fully saturated rings. The molecule has 0 radical (unpaired) electrons. The number of carbonyl (C=O) groups is 2. The van der Waals surface area contributed by atoms with E-state index in [0.717, 1.165) is 43.5 Å². The van der Waals surface area contributed by atoms with E-state index in [1.165, 1.54) is 55.6 Å². The number of azo groups is 2. The van der Waals surface area contributed by atoms with Crippen molar-refractivity contribution in [2.24, 2.45) is 20.5 Å². The van der Waals surface area contributed by atoms with Crippen LogP contribution in [0, 0.1) is 0 Å². The van der Waals surface area contributed by atoms with E-state index >= 15 is 0 Å². The second-order valence-corrected chi connectivity index (χ2v) is 20.2. The number of nitrogens with zero attached hydrogens (tertiary/aromatic N) is 4. The molecule has 7 rings (SSSR count). The van der Waals surface area contributed by atoms with E-state index in [4.69, 9.17) is 55.9 Å². The SMILES string of the molecule is COc1cc(N=Nc2c(S(=O)(=O)[O-])cc3cc(SOO[O-])cc(NC(=O)c4cccc(Cl)c4Cl)c3c2O)c(OC)cc1N=Nc1c(SOO[O-])cc2cc(S(=O)(=O)[O-])cc(NC(=O)c3cc(Cl)ccc3Cl)c2c1O.[Na+].[Na+].[Na+].[Na+]. The first kappa shape index (κ1) is 70.1. The number of phenolic OH excluding ortho intramolecular Hbond substituents is 2. The van der Waals surface area contributed by atoms with E-state index in [1.54, 1.807) is 0 Å². The van der Waals surface area contributed by atoms with Gasteiger partial charge in [-0.25, -0.2) is 16.8 Å². The molecule has 24 nitrogen and oxygen atoms in total. The number of carbonyl (C=O) groups excluding carboxylic acids is 2. The largest absolute Gasteiger partial charge is 1.00 e. The Bertz CT molecular complexity index is 3750. The standard InChI is InChI=1S/C42H28Cl4N6O18S4.4Na/c1-65-30-16-27(50-52-38-33(74(62,63)64)11-17-8-20(71-69-67-57)13-28(34(17)40(38)54)47-41(55)22-4-3-5-25(45)36(22)46)31(66-2)15-26(30)49-51-37-32(72-70-68-58)10-18-9-21(73(59,60)61)14-29(35(18)39(37)53)48-42(56)23-12-19(43)6-7-24(23)44;;;;/h3-16,53-54,57-58H,1-2H3,(H,47,55)(H,48,56)(H,59,60,61)(H,62,63,64);;;;/q;4*+1/p-4. The summed E-state index contributed by atoms with van der Waals surface area (Å²) in [5, 5.41) is 71.9. The fourth-order valence-corrected chi connectivity index (χ4v) is 9.70. The summed E-state index contributed by atoms with van der Waals surface area (Å²) in [6.07, 6.45) is 0. The summed E-state index contributed by atoms with van der Waals surface area (Å²) < 4.78 is 94.7. The predicted molar refractivity (Wildman–Crippen MR) is 260 cm³/mol. The van der Waals surface area contributed by atoms with Gasteiger partial charge in [-0.3, -0.25) is 19.7 Å². The Hall–Kier alpha value is -2.16. The molecule has 78 heavy (non-hydrogen) atoms. The predicted octanol–water partition coefficient (Wildman–Crippen LogP) is -2.34. The molecule has 7 aromatic rings. The average molecular weight is 1260 g/mol. The number of benzene rings is 7. The number of halogens is 4. The van der Waals surface area contributed by atoms with Crippen LogP contribution >= 0.6 is 70.5 Å². The molecule has 0 saturated carbocycles. The Morgan fingerprint density at radius 1 is 0.603 bits per heavy atom. The number of amides is 2. The van der Waals surface area contributed by atoms with E-state index in [1.807, 2.05) is 0 Å². The van der Waals surface area contributed by atoms with Crippen LogP contribution in [0.3, 0.4) is 0 Å². The van der Waals surface area contributed by atoms with E-state index in [-0.39, 0.29) is 221 Å². The summed E-state index contributed by atoms with van der Waals surface area (Å²) in [7, 11) is -8.40. The van der Waals surface area contributed by atoms with Crippen molar-refractivity contribution in [1.29, 1.82) is 0 Å². The van der Waals surface area contributed by atoms with Crippen LogP contribution in [-0.2, 0) is 39.0 Å². The molecule has 0 aromatic heterocycles. The Labute approximate surface area is 557 Å². The van der Waals surface area contributed by atoms with Gasteiger partial charge in [-0.2, -0.15) is 8.67 Å². The Morgan fingerprint density at radius 3 is 1.71 bits per heavy atom. The molecule has 0 unspecified atom stereocenters. The van der Waals surface area contributed by atoms with Crippen LogP contribution in [-0.4, -0.2) is 62.2 Å². The minimum Gasteiger partial charge on any atom is -0.744 e. The maximum Gasteiger partial charge on any atom is 1.00 e. The zero-order chi connectivity index (χ0) is 53.8. The zero-order valence-electron chi connectivity index (χ0n) is 40.4. The van der Waals surface area contributed by atoms with E-state index in [2.05, 4.69) is 49.8 Å². The number of hydrogen-bond acceptors (Lipinski definition) is 24. The summed E-state index contributed by atoms with van der Waals surface area (Å²) >= 11 is 25.1. The second-order valence-electron chi connectivity index (χ2n) is 14.4. The first-order valence-corrected chi connectivity index (χ1v) is 25.4. The molecule has 0 aliphatic carbocycles. The van der Waals surface area contributed by atoms with Crippen molar-refractivity contribution in [1.82, 2.24) is 0 Å². The third kappa shape index (κ3) is 16.3. The molecule has 0 bridgehead atoms. The number of aromatic hydroxyl groups is 2. The summed E-state index contributed by atoms with van der Waals surface area (Å²) in [4.78, 5) is 24.7. The number of nitrogens with one attached hydrogen (secondary N) is 2. The molecule has 4 N–H and O–H groups in total. The first-order chi connectivity index (χ1) is 35.1. The molecule has 386 valence electrons. The van der Waals surface area contributed by atoms with E-state index < -0.39 is 70.4 Å². The minimum atomic E-state index is -5.51. The van der Waals surface area contributed by atoms with Gasteiger partial charge in [0.05, 0.1) is 90.6 Å². The minimum absolute atomic E-state index is 0. The van der Waals surface area contributed by atoms with Gasteiger partial charge in [-0.1, -0.05) is 52.5 Å². The Balaban J connectivity index is 0.00000400. The Kier molecular flexibility index (Phi) is 27.3. The van der Waals surface area contributed by atoms with Gasteiger partial charge in [-0.05, 0) is 77.5 Å². The van der Waals surface area contributed by atoms with E-state index in [9.17, 15) is 56.3 Å². The third-order valence-corrected chi connectivity index (χ3v) is 14.2. The van der Waals surface area contributed by atoms with Crippen molar-refractivity contribution >= 4 is 158 Å². The summed E-state index contributed by atoms with van der Waals surface area (Å²) in [6, 6.07) is 16.2.